The van der Waals surface area contributed by atoms with E-state index in [-0.39, 0.29) is 11.8 Å². The smallest absolute Gasteiger partial charge is 0.387 e. The van der Waals surface area contributed by atoms with Gasteiger partial charge in [-0.15, -0.1) is 0 Å². The van der Waals surface area contributed by atoms with E-state index >= 15 is 0 Å². The zero-order chi connectivity index (χ0) is 14.4. The summed E-state index contributed by atoms with van der Waals surface area (Å²) < 4.78 is 40.9. The van der Waals surface area contributed by atoms with Gasteiger partial charge in [-0.25, -0.2) is 0 Å². The fraction of sp³-hybridized carbons (Fsp3) is 0.500. The van der Waals surface area contributed by atoms with Gasteiger partial charge in [0.05, 0.1) is 0 Å². The molecule has 3 nitrogen and oxygen atoms in total. The first-order valence-corrected chi connectivity index (χ1v) is 8.17. The lowest BCUT2D eigenvalue weighted by Gasteiger charge is -2.15. The summed E-state index contributed by atoms with van der Waals surface area (Å²) >= 11 is 3.29. The third kappa shape index (κ3) is 6.44. The van der Waals surface area contributed by atoms with Crippen LogP contribution in [0.3, 0.4) is 0 Å². The summed E-state index contributed by atoms with van der Waals surface area (Å²) in [6.07, 6.45) is 1.63. The van der Waals surface area contributed by atoms with Crippen LogP contribution < -0.4 is 10.1 Å². The molecule has 0 bridgehead atoms. The molecule has 0 spiro atoms. The van der Waals surface area contributed by atoms with Gasteiger partial charge in [-0.3, -0.25) is 4.21 Å². The quantitative estimate of drug-likeness (QED) is 0.817. The topological polar surface area (TPSA) is 38.3 Å². The van der Waals surface area contributed by atoms with Gasteiger partial charge in [0.15, 0.2) is 0 Å². The Bertz CT molecular complexity index is 446. The Morgan fingerprint density at radius 2 is 2.16 bits per heavy atom. The molecular formula is C12H16BrF2NO2S. The number of rotatable bonds is 7. The second kappa shape index (κ2) is 7.91. The van der Waals surface area contributed by atoms with E-state index in [4.69, 9.17) is 0 Å². The van der Waals surface area contributed by atoms with Crippen LogP contribution in [0.15, 0.2) is 22.7 Å². The van der Waals surface area contributed by atoms with Crippen molar-refractivity contribution in [2.45, 2.75) is 26.1 Å². The molecule has 0 heterocycles. The number of hydrogen-bond donors (Lipinski definition) is 1. The Kier molecular flexibility index (Phi) is 6.88. The molecule has 0 aliphatic rings. The van der Waals surface area contributed by atoms with Crippen LogP contribution in [0.1, 0.15) is 12.5 Å². The SMILES string of the molecule is CC(CS(C)=O)NCc1cc(Br)ccc1OC(F)F. The lowest BCUT2D eigenvalue weighted by atomic mass is 10.2. The molecule has 0 aromatic heterocycles. The molecule has 0 radical (unpaired) electrons. The van der Waals surface area contributed by atoms with E-state index in [0.717, 1.165) is 4.47 Å². The van der Waals surface area contributed by atoms with Gasteiger partial charge in [-0.2, -0.15) is 8.78 Å². The van der Waals surface area contributed by atoms with E-state index in [0.29, 0.717) is 17.9 Å². The molecule has 0 saturated carbocycles. The number of ether oxygens (including phenoxy) is 1. The van der Waals surface area contributed by atoms with Crippen LogP contribution in [0.2, 0.25) is 0 Å². The van der Waals surface area contributed by atoms with E-state index in [9.17, 15) is 13.0 Å². The molecule has 1 aromatic rings. The summed E-state index contributed by atoms with van der Waals surface area (Å²) in [5.41, 5.74) is 0.628. The zero-order valence-electron chi connectivity index (χ0n) is 10.7. The largest absolute Gasteiger partial charge is 0.434 e. The Labute approximate surface area is 122 Å². The number of benzene rings is 1. The maximum Gasteiger partial charge on any atom is 0.387 e. The first-order chi connectivity index (χ1) is 8.88. The minimum Gasteiger partial charge on any atom is -0.434 e. The van der Waals surface area contributed by atoms with Gasteiger partial charge < -0.3 is 10.1 Å². The average molecular weight is 356 g/mol. The fourth-order valence-corrected chi connectivity index (χ4v) is 2.82. The molecule has 0 aliphatic heterocycles. The third-order valence-electron chi connectivity index (χ3n) is 2.36. The Morgan fingerprint density at radius 3 is 2.74 bits per heavy atom. The van der Waals surface area contributed by atoms with Gasteiger partial charge in [-0.05, 0) is 25.1 Å². The van der Waals surface area contributed by atoms with Crippen LogP contribution >= 0.6 is 15.9 Å². The number of nitrogens with one attached hydrogen (secondary N) is 1. The summed E-state index contributed by atoms with van der Waals surface area (Å²) in [5, 5.41) is 3.13. The molecule has 2 unspecified atom stereocenters. The van der Waals surface area contributed by atoms with Crippen molar-refractivity contribution in [3.63, 3.8) is 0 Å². The summed E-state index contributed by atoms with van der Waals surface area (Å²) in [5.74, 6) is 0.662. The summed E-state index contributed by atoms with van der Waals surface area (Å²) in [4.78, 5) is 0. The third-order valence-corrected chi connectivity index (χ3v) is 3.83. The molecule has 0 fully saturated rings. The average Bonchev–Trinajstić information content (AvgIpc) is 2.28. The van der Waals surface area contributed by atoms with E-state index in [2.05, 4.69) is 26.0 Å². The molecule has 2 atom stereocenters. The van der Waals surface area contributed by atoms with E-state index < -0.39 is 17.4 Å². The normalized spacial score (nSPS) is 14.4. The Balaban J connectivity index is 2.70. The van der Waals surface area contributed by atoms with Crippen molar-refractivity contribution in [1.29, 1.82) is 0 Å². The summed E-state index contributed by atoms with van der Waals surface area (Å²) in [6.45, 7) is -0.576. The molecule has 1 rings (SSSR count). The molecule has 0 saturated heterocycles. The summed E-state index contributed by atoms with van der Waals surface area (Å²) in [7, 11) is -0.895. The van der Waals surface area contributed by atoms with Gasteiger partial charge in [0.25, 0.3) is 0 Å². The van der Waals surface area contributed by atoms with Crippen molar-refractivity contribution >= 4 is 26.7 Å². The minimum atomic E-state index is -2.85. The van der Waals surface area contributed by atoms with Crippen molar-refractivity contribution in [2.75, 3.05) is 12.0 Å². The molecule has 108 valence electrons. The number of hydrogen-bond acceptors (Lipinski definition) is 3. The molecule has 7 heteroatoms. The fourth-order valence-electron chi connectivity index (χ4n) is 1.59. The van der Waals surface area contributed by atoms with Gasteiger partial charge in [-0.1, -0.05) is 15.9 Å². The van der Waals surface area contributed by atoms with Crippen LogP contribution in [0.5, 0.6) is 5.75 Å². The monoisotopic (exact) mass is 355 g/mol. The maximum absolute atomic E-state index is 12.3. The molecule has 0 amide bonds. The highest BCUT2D eigenvalue weighted by Gasteiger charge is 2.11. The number of alkyl halides is 2. The van der Waals surface area contributed by atoms with Gasteiger partial charge in [0, 0.05) is 45.4 Å². The van der Waals surface area contributed by atoms with Crippen molar-refractivity contribution in [1.82, 2.24) is 5.32 Å². The maximum atomic E-state index is 12.3. The van der Waals surface area contributed by atoms with Crippen molar-refractivity contribution in [2.24, 2.45) is 0 Å². The van der Waals surface area contributed by atoms with Crippen LogP contribution in [0.25, 0.3) is 0 Å². The molecule has 19 heavy (non-hydrogen) atoms. The second-order valence-electron chi connectivity index (χ2n) is 4.15. The van der Waals surface area contributed by atoms with Crippen LogP contribution in [0.4, 0.5) is 8.78 Å². The first kappa shape index (κ1) is 16.5. The highest BCUT2D eigenvalue weighted by atomic mass is 79.9. The van der Waals surface area contributed by atoms with Crippen LogP contribution in [0, 0.1) is 0 Å². The predicted molar refractivity (Wildman–Crippen MR) is 76.0 cm³/mol. The Morgan fingerprint density at radius 1 is 1.47 bits per heavy atom. The number of halogens is 3. The zero-order valence-corrected chi connectivity index (χ0v) is 13.1. The predicted octanol–water partition coefficient (Wildman–Crippen LogP) is 2.91. The van der Waals surface area contributed by atoms with Crippen molar-refractivity contribution < 1.29 is 17.7 Å². The van der Waals surface area contributed by atoms with Crippen molar-refractivity contribution in [3.8, 4) is 5.75 Å². The van der Waals surface area contributed by atoms with E-state index in [1.54, 1.807) is 18.4 Å². The minimum absolute atomic E-state index is 0.0317. The molecule has 1 aromatic carbocycles. The van der Waals surface area contributed by atoms with Gasteiger partial charge >= 0.3 is 6.61 Å². The Hall–Kier alpha value is -0.530. The molecular weight excluding hydrogens is 340 g/mol. The molecule has 1 N–H and O–H groups in total. The van der Waals surface area contributed by atoms with E-state index in [1.807, 2.05) is 6.92 Å². The van der Waals surface area contributed by atoms with Crippen LogP contribution in [-0.4, -0.2) is 28.9 Å². The summed E-state index contributed by atoms with van der Waals surface area (Å²) in [6, 6.07) is 4.89. The standard InChI is InChI=1S/C12H16BrF2NO2S/c1-8(7-19(2)17)16-6-9-5-10(13)3-4-11(9)18-12(14)15/h3-5,8,12,16H,6-7H2,1-2H3. The lowest BCUT2D eigenvalue weighted by Crippen LogP contribution is -2.30. The van der Waals surface area contributed by atoms with Crippen LogP contribution in [-0.2, 0) is 17.3 Å². The van der Waals surface area contributed by atoms with Crippen molar-refractivity contribution in [3.05, 3.63) is 28.2 Å². The second-order valence-corrected chi connectivity index (χ2v) is 6.55. The lowest BCUT2D eigenvalue weighted by molar-refractivity contribution is -0.0505. The van der Waals surface area contributed by atoms with Gasteiger partial charge in [0.1, 0.15) is 5.75 Å². The molecule has 0 aliphatic carbocycles. The van der Waals surface area contributed by atoms with Gasteiger partial charge in [0.2, 0.25) is 0 Å². The highest BCUT2D eigenvalue weighted by molar-refractivity contribution is 9.10. The van der Waals surface area contributed by atoms with E-state index in [1.165, 1.54) is 6.07 Å². The highest BCUT2D eigenvalue weighted by Crippen LogP contribution is 2.24. The first-order valence-electron chi connectivity index (χ1n) is 5.65.